The van der Waals surface area contributed by atoms with E-state index in [1.54, 1.807) is 30.3 Å². The summed E-state index contributed by atoms with van der Waals surface area (Å²) in [6.07, 6.45) is 7.96. The van der Waals surface area contributed by atoms with Crippen LogP contribution in [0.25, 0.3) is 6.08 Å². The molecule has 1 aliphatic rings. The maximum absolute atomic E-state index is 14.1. The molecule has 4 heteroatoms. The lowest BCUT2D eigenvalue weighted by Crippen LogP contribution is -2.12. The summed E-state index contributed by atoms with van der Waals surface area (Å²) in [7, 11) is 0. The Morgan fingerprint density at radius 1 is 0.964 bits per heavy atom. The van der Waals surface area contributed by atoms with Gasteiger partial charge in [0.15, 0.2) is 23.2 Å². The first-order valence-electron chi connectivity index (χ1n) is 10.1. The van der Waals surface area contributed by atoms with E-state index >= 15 is 0 Å². The molecule has 0 aromatic heterocycles. The number of allylic oxidation sites excluding steroid dienone is 1. The SMILES string of the molecule is CCOc1ccc(C2CCC(C=Cc3ccc(CC)c(F)c3F)CC2)cc1F. The average Bonchev–Trinajstić information content (AvgIpc) is 2.71. The second-order valence-electron chi connectivity index (χ2n) is 7.39. The predicted molar refractivity (Wildman–Crippen MR) is 107 cm³/mol. The molecular formula is C24H27F3O. The van der Waals surface area contributed by atoms with Crippen molar-refractivity contribution in [2.75, 3.05) is 6.61 Å². The minimum Gasteiger partial charge on any atom is -0.491 e. The topological polar surface area (TPSA) is 9.23 Å². The van der Waals surface area contributed by atoms with Crippen LogP contribution in [0.15, 0.2) is 36.4 Å². The molecule has 0 amide bonds. The zero-order chi connectivity index (χ0) is 20.1. The van der Waals surface area contributed by atoms with Crippen LogP contribution in [-0.4, -0.2) is 6.61 Å². The third-order valence-electron chi connectivity index (χ3n) is 5.62. The quantitative estimate of drug-likeness (QED) is 0.515. The van der Waals surface area contributed by atoms with Crippen molar-refractivity contribution in [1.29, 1.82) is 0 Å². The Morgan fingerprint density at radius 3 is 2.36 bits per heavy atom. The van der Waals surface area contributed by atoms with Gasteiger partial charge in [-0.25, -0.2) is 13.2 Å². The number of ether oxygens (including phenoxy) is 1. The Bertz CT molecular complexity index is 836. The highest BCUT2D eigenvalue weighted by Crippen LogP contribution is 2.37. The Morgan fingerprint density at radius 2 is 1.71 bits per heavy atom. The van der Waals surface area contributed by atoms with Crippen LogP contribution in [0.2, 0.25) is 0 Å². The number of rotatable bonds is 6. The van der Waals surface area contributed by atoms with E-state index in [9.17, 15) is 13.2 Å². The molecule has 0 atom stereocenters. The zero-order valence-corrected chi connectivity index (χ0v) is 16.5. The van der Waals surface area contributed by atoms with Gasteiger partial charge in [-0.15, -0.1) is 0 Å². The molecule has 2 aromatic carbocycles. The lowest BCUT2D eigenvalue weighted by molar-refractivity contribution is 0.320. The molecule has 0 bridgehead atoms. The number of hydrogen-bond donors (Lipinski definition) is 0. The van der Waals surface area contributed by atoms with E-state index in [-0.39, 0.29) is 5.82 Å². The Balaban J connectivity index is 1.61. The van der Waals surface area contributed by atoms with Gasteiger partial charge in [0, 0.05) is 5.56 Å². The van der Waals surface area contributed by atoms with Gasteiger partial charge in [0.1, 0.15) is 0 Å². The van der Waals surface area contributed by atoms with Crippen molar-refractivity contribution in [1.82, 2.24) is 0 Å². The van der Waals surface area contributed by atoms with Crippen molar-refractivity contribution in [2.45, 2.75) is 51.9 Å². The predicted octanol–water partition coefficient (Wildman–Crippen LogP) is 7.05. The summed E-state index contributed by atoms with van der Waals surface area (Å²) in [5, 5.41) is 0. The molecule has 0 saturated heterocycles. The molecule has 3 rings (SSSR count). The molecule has 0 spiro atoms. The Labute approximate surface area is 165 Å². The van der Waals surface area contributed by atoms with E-state index in [2.05, 4.69) is 0 Å². The van der Waals surface area contributed by atoms with Crippen LogP contribution in [0.3, 0.4) is 0 Å². The highest BCUT2D eigenvalue weighted by atomic mass is 19.2. The Kier molecular flexibility index (Phi) is 6.82. The molecule has 1 saturated carbocycles. The largest absolute Gasteiger partial charge is 0.491 e. The van der Waals surface area contributed by atoms with E-state index in [0.29, 0.717) is 41.7 Å². The van der Waals surface area contributed by atoms with Gasteiger partial charge in [0.25, 0.3) is 0 Å². The third-order valence-corrected chi connectivity index (χ3v) is 5.62. The first-order valence-corrected chi connectivity index (χ1v) is 10.1. The minimum absolute atomic E-state index is 0.297. The number of hydrogen-bond acceptors (Lipinski definition) is 1. The molecule has 0 heterocycles. The summed E-state index contributed by atoms with van der Waals surface area (Å²) in [4.78, 5) is 0. The second kappa shape index (κ2) is 9.31. The lowest BCUT2D eigenvalue weighted by atomic mass is 9.78. The van der Waals surface area contributed by atoms with E-state index in [0.717, 1.165) is 31.2 Å². The molecular weight excluding hydrogens is 361 g/mol. The van der Waals surface area contributed by atoms with Crippen molar-refractivity contribution in [3.05, 3.63) is 70.5 Å². The fraction of sp³-hybridized carbons (Fsp3) is 0.417. The van der Waals surface area contributed by atoms with E-state index in [1.807, 2.05) is 26.0 Å². The fourth-order valence-corrected chi connectivity index (χ4v) is 3.93. The molecule has 28 heavy (non-hydrogen) atoms. The van der Waals surface area contributed by atoms with Crippen LogP contribution >= 0.6 is 0 Å². The maximum Gasteiger partial charge on any atom is 0.166 e. The van der Waals surface area contributed by atoms with Crippen LogP contribution in [0, 0.1) is 23.4 Å². The van der Waals surface area contributed by atoms with Crippen LogP contribution in [-0.2, 0) is 6.42 Å². The average molecular weight is 388 g/mol. The molecule has 1 aliphatic carbocycles. The first kappa shape index (κ1) is 20.5. The fourth-order valence-electron chi connectivity index (χ4n) is 3.93. The molecule has 0 aliphatic heterocycles. The smallest absolute Gasteiger partial charge is 0.166 e. The summed E-state index contributed by atoms with van der Waals surface area (Å²) in [5.74, 6) is -0.870. The molecule has 150 valence electrons. The van der Waals surface area contributed by atoms with Crippen LogP contribution < -0.4 is 4.74 Å². The molecule has 0 N–H and O–H groups in total. The van der Waals surface area contributed by atoms with E-state index in [1.165, 1.54) is 0 Å². The maximum atomic E-state index is 14.1. The standard InChI is InChI=1S/C24H27F3O/c1-3-17-11-12-19(24(27)23(17)26)10-7-16-5-8-18(9-6-16)20-13-14-22(28-4-2)21(25)15-20/h7,10-16,18H,3-6,8-9H2,1-2H3. The van der Waals surface area contributed by atoms with Crippen molar-refractivity contribution in [3.63, 3.8) is 0 Å². The third kappa shape index (κ3) is 4.60. The minimum atomic E-state index is -0.769. The van der Waals surface area contributed by atoms with Gasteiger partial charge in [0.2, 0.25) is 0 Å². The van der Waals surface area contributed by atoms with Gasteiger partial charge < -0.3 is 4.74 Å². The Hall–Kier alpha value is -2.23. The van der Waals surface area contributed by atoms with Gasteiger partial charge in [-0.3, -0.25) is 0 Å². The summed E-state index contributed by atoms with van der Waals surface area (Å²) < 4.78 is 47.4. The number of aryl methyl sites for hydroxylation is 1. The zero-order valence-electron chi connectivity index (χ0n) is 16.5. The van der Waals surface area contributed by atoms with Gasteiger partial charge in [-0.2, -0.15) is 0 Å². The highest BCUT2D eigenvalue weighted by Gasteiger charge is 2.22. The molecule has 1 fully saturated rings. The number of halogens is 3. The molecule has 0 unspecified atom stereocenters. The summed E-state index contributed by atoms with van der Waals surface area (Å²) >= 11 is 0. The van der Waals surface area contributed by atoms with Crippen molar-refractivity contribution in [3.8, 4) is 5.75 Å². The highest BCUT2D eigenvalue weighted by molar-refractivity contribution is 5.51. The molecule has 1 nitrogen and oxygen atoms in total. The normalized spacial score (nSPS) is 19.9. The summed E-state index contributed by atoms with van der Waals surface area (Å²) in [6, 6.07) is 8.52. The van der Waals surface area contributed by atoms with Crippen molar-refractivity contribution in [2.24, 2.45) is 5.92 Å². The monoisotopic (exact) mass is 388 g/mol. The van der Waals surface area contributed by atoms with E-state index in [4.69, 9.17) is 4.74 Å². The van der Waals surface area contributed by atoms with Gasteiger partial charge in [0.05, 0.1) is 6.61 Å². The lowest BCUT2D eigenvalue weighted by Gasteiger charge is -2.27. The van der Waals surface area contributed by atoms with E-state index < -0.39 is 11.6 Å². The van der Waals surface area contributed by atoms with Crippen LogP contribution in [0.1, 0.15) is 62.1 Å². The summed E-state index contributed by atoms with van der Waals surface area (Å²) in [6.45, 7) is 4.09. The van der Waals surface area contributed by atoms with Crippen molar-refractivity contribution < 1.29 is 17.9 Å². The van der Waals surface area contributed by atoms with Gasteiger partial charge in [-0.05, 0) is 74.1 Å². The molecule has 2 aromatic rings. The van der Waals surface area contributed by atoms with Crippen molar-refractivity contribution >= 4 is 6.08 Å². The van der Waals surface area contributed by atoms with Crippen LogP contribution in [0.5, 0.6) is 5.75 Å². The van der Waals surface area contributed by atoms with Gasteiger partial charge >= 0.3 is 0 Å². The number of benzene rings is 2. The van der Waals surface area contributed by atoms with Gasteiger partial charge in [-0.1, -0.05) is 37.3 Å². The van der Waals surface area contributed by atoms with Crippen LogP contribution in [0.4, 0.5) is 13.2 Å². The molecule has 0 radical (unpaired) electrons. The first-order chi connectivity index (χ1) is 13.5. The summed E-state index contributed by atoms with van der Waals surface area (Å²) in [5.41, 5.74) is 1.70. The second-order valence-corrected chi connectivity index (χ2v) is 7.39.